The fourth-order valence-electron chi connectivity index (χ4n) is 1.61. The van der Waals surface area contributed by atoms with Crippen molar-refractivity contribution >= 4 is 35.2 Å². The van der Waals surface area contributed by atoms with Crippen molar-refractivity contribution in [3.8, 4) is 0 Å². The van der Waals surface area contributed by atoms with Gasteiger partial charge in [0.05, 0.1) is 6.54 Å². The Hall–Kier alpha value is -1.78. The van der Waals surface area contributed by atoms with Crippen LogP contribution >= 0.6 is 23.2 Å². The molecule has 0 bridgehead atoms. The molecule has 1 N–H and O–H groups in total. The van der Waals surface area contributed by atoms with E-state index in [4.69, 9.17) is 23.2 Å². The fraction of sp³-hybridized carbons (Fsp3) is 0.143. The highest BCUT2D eigenvalue weighted by Gasteiger charge is 2.07. The van der Waals surface area contributed by atoms with Gasteiger partial charge < -0.3 is 9.88 Å². The van der Waals surface area contributed by atoms with E-state index in [-0.39, 0.29) is 5.91 Å². The molecule has 1 aromatic heterocycles. The van der Waals surface area contributed by atoms with E-state index >= 15 is 0 Å². The van der Waals surface area contributed by atoms with Crippen LogP contribution in [0.25, 0.3) is 6.08 Å². The number of carbonyl (C=O) groups excluding carboxylic acids is 1. The van der Waals surface area contributed by atoms with Crippen molar-refractivity contribution in [2.45, 2.75) is 6.54 Å². The number of nitrogens with one attached hydrogen (secondary N) is 1. The van der Waals surface area contributed by atoms with E-state index in [0.29, 0.717) is 16.6 Å². The number of amides is 1. The van der Waals surface area contributed by atoms with Gasteiger partial charge >= 0.3 is 0 Å². The lowest BCUT2D eigenvalue weighted by molar-refractivity contribution is -0.125. The number of halogens is 2. The van der Waals surface area contributed by atoms with E-state index < -0.39 is 0 Å². The van der Waals surface area contributed by atoms with Gasteiger partial charge in [0, 0.05) is 35.6 Å². The number of hydrogen-bond acceptors (Lipinski definition) is 2. The van der Waals surface area contributed by atoms with E-state index in [1.54, 1.807) is 48.6 Å². The number of nitrogens with zero attached hydrogens (tertiary/aromatic N) is 2. The number of benzene rings is 1. The second-order valence-corrected chi connectivity index (χ2v) is 5.07. The van der Waals surface area contributed by atoms with Gasteiger partial charge in [0.2, 0.25) is 5.91 Å². The van der Waals surface area contributed by atoms with E-state index in [0.717, 1.165) is 11.4 Å². The summed E-state index contributed by atoms with van der Waals surface area (Å²) < 4.78 is 0. The molecule has 1 amide bonds. The minimum Gasteiger partial charge on any atom is -0.347 e. The maximum Gasteiger partial charge on any atom is 0.246 e. The van der Waals surface area contributed by atoms with Crippen LogP contribution < -0.4 is 0 Å². The summed E-state index contributed by atoms with van der Waals surface area (Å²) in [5, 5.41) is 1.07. The largest absolute Gasteiger partial charge is 0.347 e. The number of carbonyl (C=O) groups is 1. The molecule has 0 aliphatic carbocycles. The molecule has 1 aromatic carbocycles. The van der Waals surface area contributed by atoms with Gasteiger partial charge in [0.15, 0.2) is 0 Å². The van der Waals surface area contributed by atoms with Crippen LogP contribution in [0.2, 0.25) is 10.0 Å². The molecule has 0 unspecified atom stereocenters. The molecule has 0 aliphatic heterocycles. The number of likely N-dealkylation sites (N-methyl/N-ethyl adjacent to an activating group) is 1. The van der Waals surface area contributed by atoms with Crippen LogP contribution in [0, 0.1) is 0 Å². The van der Waals surface area contributed by atoms with Crippen molar-refractivity contribution in [1.82, 2.24) is 14.9 Å². The second-order valence-electron chi connectivity index (χ2n) is 4.23. The van der Waals surface area contributed by atoms with Crippen LogP contribution in [0.15, 0.2) is 36.7 Å². The van der Waals surface area contributed by atoms with Crippen LogP contribution in [0.3, 0.4) is 0 Å². The van der Waals surface area contributed by atoms with Gasteiger partial charge in [-0.3, -0.25) is 4.79 Å². The molecular weight excluding hydrogens is 297 g/mol. The van der Waals surface area contributed by atoms with Crippen molar-refractivity contribution in [3.63, 3.8) is 0 Å². The molecule has 2 aromatic rings. The number of imidazole rings is 1. The Labute approximate surface area is 127 Å². The molecule has 0 fully saturated rings. The lowest BCUT2D eigenvalue weighted by Crippen LogP contribution is -2.24. The highest BCUT2D eigenvalue weighted by molar-refractivity contribution is 6.35. The third kappa shape index (κ3) is 3.85. The minimum atomic E-state index is -0.132. The molecule has 1 heterocycles. The molecule has 0 radical (unpaired) electrons. The molecule has 2 rings (SSSR count). The summed E-state index contributed by atoms with van der Waals surface area (Å²) >= 11 is 11.8. The van der Waals surface area contributed by atoms with Gasteiger partial charge in [-0.05, 0) is 23.8 Å². The Kier molecular flexibility index (Phi) is 4.82. The lowest BCUT2D eigenvalue weighted by atomic mass is 10.2. The normalized spacial score (nSPS) is 10.9. The Morgan fingerprint density at radius 2 is 2.25 bits per heavy atom. The molecule has 0 atom stereocenters. The molecule has 104 valence electrons. The average Bonchev–Trinajstić information content (AvgIpc) is 2.90. The monoisotopic (exact) mass is 309 g/mol. The van der Waals surface area contributed by atoms with Gasteiger partial charge in [-0.15, -0.1) is 0 Å². The van der Waals surface area contributed by atoms with Crippen LogP contribution in [0.5, 0.6) is 0 Å². The van der Waals surface area contributed by atoms with Crippen LogP contribution in [-0.4, -0.2) is 27.8 Å². The summed E-state index contributed by atoms with van der Waals surface area (Å²) in [5.74, 6) is 0.603. The topological polar surface area (TPSA) is 49.0 Å². The second kappa shape index (κ2) is 6.59. The lowest BCUT2D eigenvalue weighted by Gasteiger charge is -2.13. The number of aromatic amines is 1. The third-order valence-electron chi connectivity index (χ3n) is 2.69. The summed E-state index contributed by atoms with van der Waals surface area (Å²) in [6, 6.07) is 5.13. The van der Waals surface area contributed by atoms with Gasteiger partial charge in [-0.1, -0.05) is 29.3 Å². The molecule has 0 saturated heterocycles. The summed E-state index contributed by atoms with van der Waals surface area (Å²) in [6.45, 7) is 0.421. The molecular formula is C14H13Cl2N3O. The van der Waals surface area contributed by atoms with Crippen molar-refractivity contribution < 1.29 is 4.79 Å². The maximum atomic E-state index is 11.9. The number of hydrogen-bond donors (Lipinski definition) is 1. The van der Waals surface area contributed by atoms with Crippen molar-refractivity contribution in [1.29, 1.82) is 0 Å². The van der Waals surface area contributed by atoms with E-state index in [1.807, 2.05) is 0 Å². The molecule has 6 heteroatoms. The zero-order chi connectivity index (χ0) is 14.5. The average molecular weight is 310 g/mol. The van der Waals surface area contributed by atoms with E-state index in [9.17, 15) is 4.79 Å². The third-order valence-corrected chi connectivity index (χ3v) is 3.25. The Bertz CT molecular complexity index is 623. The minimum absolute atomic E-state index is 0.132. The SMILES string of the molecule is CN(Cc1ncc[nH]1)C(=O)C=Cc1ccc(Cl)cc1Cl. The van der Waals surface area contributed by atoms with Crippen molar-refractivity contribution in [2.24, 2.45) is 0 Å². The zero-order valence-corrected chi connectivity index (χ0v) is 12.3. The van der Waals surface area contributed by atoms with E-state index in [1.165, 1.54) is 6.08 Å². The van der Waals surface area contributed by atoms with Gasteiger partial charge in [0.25, 0.3) is 0 Å². The van der Waals surface area contributed by atoms with Crippen LogP contribution in [0.1, 0.15) is 11.4 Å². The predicted molar refractivity (Wildman–Crippen MR) is 80.6 cm³/mol. The van der Waals surface area contributed by atoms with Gasteiger partial charge in [0.1, 0.15) is 5.82 Å². The van der Waals surface area contributed by atoms with Crippen molar-refractivity contribution in [3.05, 3.63) is 58.1 Å². The summed E-state index contributed by atoms with van der Waals surface area (Å²) in [7, 11) is 1.71. The highest BCUT2D eigenvalue weighted by atomic mass is 35.5. The highest BCUT2D eigenvalue weighted by Crippen LogP contribution is 2.22. The molecule has 0 aliphatic rings. The van der Waals surface area contributed by atoms with E-state index in [2.05, 4.69) is 9.97 Å². The Balaban J connectivity index is 2.01. The predicted octanol–water partition coefficient (Wildman–Crippen LogP) is 3.39. The summed E-state index contributed by atoms with van der Waals surface area (Å²) in [4.78, 5) is 20.5. The maximum absolute atomic E-state index is 11.9. The first-order valence-corrected chi connectivity index (χ1v) is 6.68. The van der Waals surface area contributed by atoms with Gasteiger partial charge in [-0.25, -0.2) is 4.98 Å². The number of aromatic nitrogens is 2. The smallest absolute Gasteiger partial charge is 0.246 e. The number of H-pyrrole nitrogens is 1. The standard InChI is InChI=1S/C14H13Cl2N3O/c1-19(9-13-17-6-7-18-13)14(20)5-3-10-2-4-11(15)8-12(10)16/h2-8H,9H2,1H3,(H,17,18). The molecule has 0 spiro atoms. The fourth-order valence-corrected chi connectivity index (χ4v) is 2.08. The summed E-state index contributed by atoms with van der Waals surface area (Å²) in [5.41, 5.74) is 0.746. The Morgan fingerprint density at radius 3 is 2.90 bits per heavy atom. The first kappa shape index (κ1) is 14.6. The number of rotatable bonds is 4. The Morgan fingerprint density at radius 1 is 1.45 bits per heavy atom. The first-order chi connectivity index (χ1) is 9.56. The zero-order valence-electron chi connectivity index (χ0n) is 10.8. The first-order valence-electron chi connectivity index (χ1n) is 5.93. The molecule has 0 saturated carbocycles. The van der Waals surface area contributed by atoms with Crippen LogP contribution in [-0.2, 0) is 11.3 Å². The van der Waals surface area contributed by atoms with Gasteiger partial charge in [-0.2, -0.15) is 0 Å². The van der Waals surface area contributed by atoms with Crippen LogP contribution in [0.4, 0.5) is 0 Å². The molecule has 4 nitrogen and oxygen atoms in total. The quantitative estimate of drug-likeness (QED) is 0.880. The molecule has 20 heavy (non-hydrogen) atoms. The summed E-state index contributed by atoms with van der Waals surface area (Å²) in [6.07, 6.45) is 6.51. The van der Waals surface area contributed by atoms with Crippen molar-refractivity contribution in [2.75, 3.05) is 7.05 Å².